The third-order valence-electron chi connectivity index (χ3n) is 1.58. The topological polar surface area (TPSA) is 44.0 Å². The van der Waals surface area contributed by atoms with Gasteiger partial charge in [-0.05, 0) is 30.2 Å². The fourth-order valence-electron chi connectivity index (χ4n) is 1.04. The smallest absolute Gasteiger partial charge is 0.116 e. The minimum Gasteiger partial charge on any atom is -0.508 e. The highest BCUT2D eigenvalue weighted by Gasteiger charge is 2.04. The van der Waals surface area contributed by atoms with Crippen LogP contribution in [0.25, 0.3) is 0 Å². The molecule has 0 heterocycles. The molecule has 12 heavy (non-hydrogen) atoms. The van der Waals surface area contributed by atoms with Crippen LogP contribution in [0, 0.1) is 18.3 Å². The van der Waals surface area contributed by atoms with E-state index in [1.165, 1.54) is 6.07 Å². The number of hydrogen-bond donors (Lipinski definition) is 1. The molecule has 0 aliphatic heterocycles. The van der Waals surface area contributed by atoms with Gasteiger partial charge in [-0.15, -0.1) is 0 Å². The molecule has 62 valence electrons. The number of rotatable bonds is 1. The quantitative estimate of drug-likeness (QED) is 0.723. The molecule has 1 N–H and O–H groups in total. The number of halogens is 1. The zero-order chi connectivity index (χ0) is 9.14. The Balaban J connectivity index is 3.20. The van der Waals surface area contributed by atoms with Gasteiger partial charge in [0.2, 0.25) is 0 Å². The Bertz CT molecular complexity index is 341. The van der Waals surface area contributed by atoms with Gasteiger partial charge in [-0.3, -0.25) is 0 Å². The third-order valence-corrected chi connectivity index (χ3v) is 2.12. The fourth-order valence-corrected chi connectivity index (χ4v) is 1.21. The van der Waals surface area contributed by atoms with E-state index >= 15 is 0 Å². The number of phenols is 1. The molecule has 0 fully saturated rings. The van der Waals surface area contributed by atoms with Crippen LogP contribution in [0.5, 0.6) is 5.75 Å². The lowest BCUT2D eigenvalue weighted by Crippen LogP contribution is -1.86. The van der Waals surface area contributed by atoms with E-state index in [0.29, 0.717) is 10.6 Å². The molecule has 0 spiro atoms. The lowest BCUT2D eigenvalue weighted by Gasteiger charge is -2.03. The molecule has 1 aromatic carbocycles. The van der Waals surface area contributed by atoms with E-state index in [1.807, 2.05) is 6.07 Å². The standard InChI is InChI=1S/C9H8ClNO/c1-6-4-8(12)5-7(2-3-11)9(6)10/h4-5,12H,2H2,1H3. The predicted molar refractivity (Wildman–Crippen MR) is 47.2 cm³/mol. The van der Waals surface area contributed by atoms with Crippen LogP contribution in [0.2, 0.25) is 5.02 Å². The molecule has 1 aromatic rings. The first-order valence-electron chi connectivity index (χ1n) is 3.50. The van der Waals surface area contributed by atoms with Crippen molar-refractivity contribution in [2.45, 2.75) is 13.3 Å². The first kappa shape index (κ1) is 8.89. The molecule has 0 aromatic heterocycles. The van der Waals surface area contributed by atoms with Gasteiger partial charge in [0.15, 0.2) is 0 Å². The number of nitriles is 1. The summed E-state index contributed by atoms with van der Waals surface area (Å²) in [6.07, 6.45) is 0.230. The predicted octanol–water partition coefficient (Wildman–Crippen LogP) is 2.42. The van der Waals surface area contributed by atoms with E-state index in [9.17, 15) is 5.11 Å². The molecule has 2 nitrogen and oxygen atoms in total. The normalized spacial score (nSPS) is 9.42. The summed E-state index contributed by atoms with van der Waals surface area (Å²) in [7, 11) is 0. The van der Waals surface area contributed by atoms with Crippen molar-refractivity contribution >= 4 is 11.6 Å². The van der Waals surface area contributed by atoms with E-state index in [1.54, 1.807) is 13.0 Å². The van der Waals surface area contributed by atoms with Crippen molar-refractivity contribution < 1.29 is 5.11 Å². The highest BCUT2D eigenvalue weighted by atomic mass is 35.5. The van der Waals surface area contributed by atoms with Crippen LogP contribution >= 0.6 is 11.6 Å². The molecular weight excluding hydrogens is 174 g/mol. The molecule has 3 heteroatoms. The maximum absolute atomic E-state index is 9.18. The number of nitrogens with zero attached hydrogens (tertiary/aromatic N) is 1. The average molecular weight is 182 g/mol. The van der Waals surface area contributed by atoms with Crippen molar-refractivity contribution in [3.63, 3.8) is 0 Å². The maximum atomic E-state index is 9.18. The molecule has 0 radical (unpaired) electrons. The largest absolute Gasteiger partial charge is 0.508 e. The van der Waals surface area contributed by atoms with Crippen LogP contribution in [0.4, 0.5) is 0 Å². The third kappa shape index (κ3) is 1.69. The minimum absolute atomic E-state index is 0.155. The molecule has 0 aliphatic rings. The van der Waals surface area contributed by atoms with Crippen LogP contribution < -0.4 is 0 Å². The average Bonchev–Trinajstić information content (AvgIpc) is 2.00. The Labute approximate surface area is 76.0 Å². The summed E-state index contributed by atoms with van der Waals surface area (Å²) in [4.78, 5) is 0. The van der Waals surface area contributed by atoms with Crippen LogP contribution in [-0.2, 0) is 6.42 Å². The van der Waals surface area contributed by atoms with Crippen LogP contribution in [0.3, 0.4) is 0 Å². The molecule has 0 unspecified atom stereocenters. The van der Waals surface area contributed by atoms with E-state index in [-0.39, 0.29) is 12.2 Å². The summed E-state index contributed by atoms with van der Waals surface area (Å²) in [6.45, 7) is 1.79. The SMILES string of the molecule is Cc1cc(O)cc(CC#N)c1Cl. The van der Waals surface area contributed by atoms with Gasteiger partial charge in [0.25, 0.3) is 0 Å². The number of benzene rings is 1. The second kappa shape index (κ2) is 3.46. The maximum Gasteiger partial charge on any atom is 0.116 e. The van der Waals surface area contributed by atoms with Gasteiger partial charge in [0.1, 0.15) is 5.75 Å². The van der Waals surface area contributed by atoms with Crippen molar-refractivity contribution in [1.29, 1.82) is 5.26 Å². The lowest BCUT2D eigenvalue weighted by molar-refractivity contribution is 0.474. The number of phenolic OH excluding ortho intramolecular Hbond substituents is 1. The van der Waals surface area contributed by atoms with E-state index < -0.39 is 0 Å². The summed E-state index contributed by atoms with van der Waals surface area (Å²) in [5, 5.41) is 18.2. The van der Waals surface area contributed by atoms with Crippen LogP contribution in [0.1, 0.15) is 11.1 Å². The van der Waals surface area contributed by atoms with Gasteiger partial charge in [-0.2, -0.15) is 5.26 Å². The molecule has 0 aliphatic carbocycles. The Morgan fingerprint density at radius 3 is 2.83 bits per heavy atom. The number of aryl methyl sites for hydroxylation is 1. The van der Waals surface area contributed by atoms with Crippen molar-refractivity contribution in [1.82, 2.24) is 0 Å². The zero-order valence-electron chi connectivity index (χ0n) is 6.63. The molecule has 1 rings (SSSR count). The molecule has 0 bridgehead atoms. The van der Waals surface area contributed by atoms with E-state index in [4.69, 9.17) is 16.9 Å². The molecule has 0 saturated carbocycles. The van der Waals surface area contributed by atoms with E-state index in [0.717, 1.165) is 5.56 Å². The summed E-state index contributed by atoms with van der Waals surface area (Å²) in [6, 6.07) is 5.07. The number of aromatic hydroxyl groups is 1. The van der Waals surface area contributed by atoms with Crippen LogP contribution in [-0.4, -0.2) is 5.11 Å². The van der Waals surface area contributed by atoms with Crippen LogP contribution in [0.15, 0.2) is 12.1 Å². The Morgan fingerprint density at radius 1 is 1.58 bits per heavy atom. The Hall–Kier alpha value is -1.20. The Morgan fingerprint density at radius 2 is 2.25 bits per heavy atom. The highest BCUT2D eigenvalue weighted by Crippen LogP contribution is 2.25. The van der Waals surface area contributed by atoms with Crippen molar-refractivity contribution in [3.05, 3.63) is 28.3 Å². The fraction of sp³-hybridized carbons (Fsp3) is 0.222. The molecular formula is C9H8ClNO. The highest BCUT2D eigenvalue weighted by molar-refractivity contribution is 6.32. The van der Waals surface area contributed by atoms with E-state index in [2.05, 4.69) is 0 Å². The summed E-state index contributed by atoms with van der Waals surface area (Å²) in [5.41, 5.74) is 1.47. The monoisotopic (exact) mass is 181 g/mol. The summed E-state index contributed by atoms with van der Waals surface area (Å²) in [5.74, 6) is 0.155. The van der Waals surface area contributed by atoms with Gasteiger partial charge in [-0.1, -0.05) is 11.6 Å². The summed E-state index contributed by atoms with van der Waals surface area (Å²) < 4.78 is 0. The summed E-state index contributed by atoms with van der Waals surface area (Å²) >= 11 is 5.88. The van der Waals surface area contributed by atoms with Gasteiger partial charge >= 0.3 is 0 Å². The van der Waals surface area contributed by atoms with Crippen molar-refractivity contribution in [3.8, 4) is 11.8 Å². The first-order chi connectivity index (χ1) is 5.65. The second-order valence-corrected chi connectivity index (χ2v) is 2.95. The zero-order valence-corrected chi connectivity index (χ0v) is 7.39. The minimum atomic E-state index is 0.155. The first-order valence-corrected chi connectivity index (χ1v) is 3.88. The van der Waals surface area contributed by atoms with Crippen molar-refractivity contribution in [2.24, 2.45) is 0 Å². The molecule has 0 atom stereocenters. The Kier molecular flexibility index (Phi) is 2.57. The lowest BCUT2D eigenvalue weighted by atomic mass is 10.1. The van der Waals surface area contributed by atoms with Gasteiger partial charge in [0, 0.05) is 5.02 Å². The van der Waals surface area contributed by atoms with Crippen molar-refractivity contribution in [2.75, 3.05) is 0 Å². The molecule has 0 saturated heterocycles. The van der Waals surface area contributed by atoms with Gasteiger partial charge in [0.05, 0.1) is 12.5 Å². The van der Waals surface area contributed by atoms with Gasteiger partial charge in [-0.25, -0.2) is 0 Å². The molecule has 0 amide bonds. The second-order valence-electron chi connectivity index (χ2n) is 2.57. The van der Waals surface area contributed by atoms with Gasteiger partial charge < -0.3 is 5.11 Å². The number of hydrogen-bond acceptors (Lipinski definition) is 2.